The lowest BCUT2D eigenvalue weighted by atomic mass is 10.2. The largest absolute Gasteiger partial charge is 0.322 e. The summed E-state index contributed by atoms with van der Waals surface area (Å²) in [6, 6.07) is 10.6. The highest BCUT2D eigenvalue weighted by atomic mass is 35.5. The number of nitrogens with zero attached hydrogens (tertiary/aromatic N) is 2. The fourth-order valence-corrected chi connectivity index (χ4v) is 2.21. The van der Waals surface area contributed by atoms with Crippen LogP contribution in [0.4, 0.5) is 5.69 Å². The molecule has 0 fully saturated rings. The Labute approximate surface area is 121 Å². The zero-order chi connectivity index (χ0) is 14.1. The van der Waals surface area contributed by atoms with Crippen molar-refractivity contribution in [2.24, 2.45) is 0 Å². The highest BCUT2D eigenvalue weighted by molar-refractivity contribution is 6.30. The van der Waals surface area contributed by atoms with Gasteiger partial charge in [-0.05, 0) is 37.3 Å². The molecule has 5 heteroatoms. The first-order valence-electron chi connectivity index (χ1n) is 6.14. The SMILES string of the molecule is Cc1cn2cc(C(=O)Nc3cccc(Cl)c3)ccc2n1. The number of anilines is 1. The molecule has 100 valence electrons. The Morgan fingerprint density at radius 3 is 2.90 bits per heavy atom. The number of carbonyl (C=O) groups is 1. The van der Waals surface area contributed by atoms with Crippen LogP contribution in [0.3, 0.4) is 0 Å². The van der Waals surface area contributed by atoms with E-state index in [0.717, 1.165) is 11.3 Å². The van der Waals surface area contributed by atoms with E-state index in [1.807, 2.05) is 23.6 Å². The van der Waals surface area contributed by atoms with Crippen molar-refractivity contribution < 1.29 is 4.79 Å². The molecule has 2 heterocycles. The summed E-state index contributed by atoms with van der Waals surface area (Å²) in [6.07, 6.45) is 3.64. The number of carbonyl (C=O) groups excluding carboxylic acids is 1. The Morgan fingerprint density at radius 2 is 2.10 bits per heavy atom. The second-order valence-corrected chi connectivity index (χ2v) is 4.97. The van der Waals surface area contributed by atoms with Gasteiger partial charge in [0.2, 0.25) is 0 Å². The van der Waals surface area contributed by atoms with Crippen molar-refractivity contribution in [3.05, 3.63) is 65.1 Å². The van der Waals surface area contributed by atoms with E-state index in [1.165, 1.54) is 0 Å². The van der Waals surface area contributed by atoms with Gasteiger partial charge in [-0.2, -0.15) is 0 Å². The maximum Gasteiger partial charge on any atom is 0.257 e. The Kier molecular flexibility index (Phi) is 3.16. The predicted molar refractivity (Wildman–Crippen MR) is 79.3 cm³/mol. The van der Waals surface area contributed by atoms with Gasteiger partial charge in [-0.25, -0.2) is 4.98 Å². The number of rotatable bonds is 2. The Balaban J connectivity index is 1.88. The smallest absolute Gasteiger partial charge is 0.257 e. The van der Waals surface area contributed by atoms with Gasteiger partial charge in [0.25, 0.3) is 5.91 Å². The molecule has 1 aromatic carbocycles. The van der Waals surface area contributed by atoms with Crippen molar-refractivity contribution >= 4 is 28.8 Å². The highest BCUT2D eigenvalue weighted by Crippen LogP contribution is 2.16. The van der Waals surface area contributed by atoms with Crippen LogP contribution in [0.5, 0.6) is 0 Å². The predicted octanol–water partition coefficient (Wildman–Crippen LogP) is 3.55. The molecule has 0 saturated heterocycles. The monoisotopic (exact) mass is 285 g/mol. The zero-order valence-corrected chi connectivity index (χ0v) is 11.6. The van der Waals surface area contributed by atoms with Gasteiger partial charge in [-0.1, -0.05) is 17.7 Å². The van der Waals surface area contributed by atoms with E-state index < -0.39 is 0 Å². The topological polar surface area (TPSA) is 46.4 Å². The van der Waals surface area contributed by atoms with Crippen LogP contribution in [0.15, 0.2) is 48.8 Å². The van der Waals surface area contributed by atoms with Crippen molar-refractivity contribution in [2.45, 2.75) is 6.92 Å². The Hall–Kier alpha value is -2.33. The van der Waals surface area contributed by atoms with Crippen LogP contribution in [0, 0.1) is 6.92 Å². The van der Waals surface area contributed by atoms with Crippen LogP contribution in [0.2, 0.25) is 5.02 Å². The van der Waals surface area contributed by atoms with Crippen molar-refractivity contribution in [3.8, 4) is 0 Å². The summed E-state index contributed by atoms with van der Waals surface area (Å²) in [7, 11) is 0. The molecule has 0 aliphatic carbocycles. The van der Waals surface area contributed by atoms with Crippen LogP contribution in [0.25, 0.3) is 5.65 Å². The molecular weight excluding hydrogens is 274 g/mol. The van der Waals surface area contributed by atoms with Gasteiger partial charge in [-0.3, -0.25) is 4.79 Å². The summed E-state index contributed by atoms with van der Waals surface area (Å²) in [6.45, 7) is 1.92. The quantitative estimate of drug-likeness (QED) is 0.783. The van der Waals surface area contributed by atoms with Gasteiger partial charge in [0.1, 0.15) is 5.65 Å². The summed E-state index contributed by atoms with van der Waals surface area (Å²) >= 11 is 5.89. The molecule has 0 aliphatic rings. The molecule has 0 unspecified atom stereocenters. The third-order valence-electron chi connectivity index (χ3n) is 2.92. The van der Waals surface area contributed by atoms with Crippen molar-refractivity contribution in [3.63, 3.8) is 0 Å². The van der Waals surface area contributed by atoms with Gasteiger partial charge >= 0.3 is 0 Å². The number of fused-ring (bicyclic) bond motifs is 1. The van der Waals surface area contributed by atoms with Crippen molar-refractivity contribution in [1.29, 1.82) is 0 Å². The molecule has 3 rings (SSSR count). The minimum absolute atomic E-state index is 0.180. The lowest BCUT2D eigenvalue weighted by Crippen LogP contribution is -2.12. The molecule has 2 aromatic heterocycles. The summed E-state index contributed by atoms with van der Waals surface area (Å²) in [5, 5.41) is 3.40. The molecule has 4 nitrogen and oxygen atoms in total. The Bertz CT molecular complexity index is 795. The van der Waals surface area contributed by atoms with Crippen LogP contribution < -0.4 is 5.32 Å². The number of aryl methyl sites for hydroxylation is 1. The number of hydrogen-bond acceptors (Lipinski definition) is 2. The average molecular weight is 286 g/mol. The zero-order valence-electron chi connectivity index (χ0n) is 10.8. The molecule has 0 saturated carbocycles. The number of imidazole rings is 1. The number of halogens is 1. The van der Waals surface area contributed by atoms with E-state index in [9.17, 15) is 4.79 Å². The lowest BCUT2D eigenvalue weighted by molar-refractivity contribution is 0.102. The number of aromatic nitrogens is 2. The fourth-order valence-electron chi connectivity index (χ4n) is 2.02. The van der Waals surface area contributed by atoms with Crippen molar-refractivity contribution in [1.82, 2.24) is 9.38 Å². The van der Waals surface area contributed by atoms with Crippen LogP contribution in [-0.2, 0) is 0 Å². The van der Waals surface area contributed by atoms with E-state index in [4.69, 9.17) is 11.6 Å². The summed E-state index contributed by atoms with van der Waals surface area (Å²) in [4.78, 5) is 16.5. The van der Waals surface area contributed by atoms with Gasteiger partial charge < -0.3 is 9.72 Å². The molecular formula is C15H12ClN3O. The molecule has 3 aromatic rings. The third-order valence-corrected chi connectivity index (χ3v) is 3.15. The molecule has 0 atom stereocenters. The summed E-state index contributed by atoms with van der Waals surface area (Å²) in [5.41, 5.74) is 2.97. The number of nitrogens with one attached hydrogen (secondary N) is 1. The van der Waals surface area contributed by atoms with E-state index in [0.29, 0.717) is 16.3 Å². The number of amides is 1. The van der Waals surface area contributed by atoms with Gasteiger partial charge in [-0.15, -0.1) is 0 Å². The molecule has 0 aliphatic heterocycles. The maximum atomic E-state index is 12.2. The molecule has 1 amide bonds. The molecule has 1 N–H and O–H groups in total. The minimum atomic E-state index is -0.180. The maximum absolute atomic E-state index is 12.2. The van der Waals surface area contributed by atoms with Gasteiger partial charge in [0.05, 0.1) is 11.3 Å². The van der Waals surface area contributed by atoms with Crippen molar-refractivity contribution in [2.75, 3.05) is 5.32 Å². The van der Waals surface area contributed by atoms with E-state index in [-0.39, 0.29) is 5.91 Å². The highest BCUT2D eigenvalue weighted by Gasteiger charge is 2.08. The second-order valence-electron chi connectivity index (χ2n) is 4.53. The molecule has 0 radical (unpaired) electrons. The number of benzene rings is 1. The van der Waals surface area contributed by atoms with Crippen LogP contribution >= 0.6 is 11.6 Å². The first-order chi connectivity index (χ1) is 9.61. The average Bonchev–Trinajstić information content (AvgIpc) is 2.77. The Morgan fingerprint density at radius 1 is 1.25 bits per heavy atom. The third kappa shape index (κ3) is 2.51. The standard InChI is InChI=1S/C15H12ClN3O/c1-10-8-19-9-11(5-6-14(19)17-10)15(20)18-13-4-2-3-12(16)7-13/h2-9H,1H3,(H,18,20). The molecule has 0 bridgehead atoms. The number of pyridine rings is 1. The van der Waals surface area contributed by atoms with Crippen LogP contribution in [0.1, 0.15) is 16.1 Å². The second kappa shape index (κ2) is 4.98. The van der Waals surface area contributed by atoms with E-state index in [1.54, 1.807) is 36.5 Å². The van der Waals surface area contributed by atoms with E-state index >= 15 is 0 Å². The molecule has 20 heavy (non-hydrogen) atoms. The summed E-state index contributed by atoms with van der Waals surface area (Å²) < 4.78 is 1.84. The first kappa shape index (κ1) is 12.7. The van der Waals surface area contributed by atoms with Gasteiger partial charge in [0.15, 0.2) is 0 Å². The lowest BCUT2D eigenvalue weighted by Gasteiger charge is -2.06. The molecule has 0 spiro atoms. The van der Waals surface area contributed by atoms with E-state index in [2.05, 4.69) is 10.3 Å². The number of hydrogen-bond donors (Lipinski definition) is 1. The van der Waals surface area contributed by atoms with Gasteiger partial charge in [0, 0.05) is 23.1 Å². The normalized spacial score (nSPS) is 10.7. The first-order valence-corrected chi connectivity index (χ1v) is 6.52. The fraction of sp³-hybridized carbons (Fsp3) is 0.0667. The summed E-state index contributed by atoms with van der Waals surface area (Å²) in [5.74, 6) is -0.180. The van der Waals surface area contributed by atoms with Crippen LogP contribution in [-0.4, -0.2) is 15.3 Å². The minimum Gasteiger partial charge on any atom is -0.322 e.